The van der Waals surface area contributed by atoms with E-state index in [-0.39, 0.29) is 11.3 Å². The van der Waals surface area contributed by atoms with Crippen molar-refractivity contribution in [1.82, 2.24) is 9.55 Å². The van der Waals surface area contributed by atoms with Crippen LogP contribution in [-0.2, 0) is 7.05 Å². The summed E-state index contributed by atoms with van der Waals surface area (Å²) in [6, 6.07) is 2.60. The molecule has 1 amide bonds. The molecule has 0 unspecified atom stereocenters. The van der Waals surface area contributed by atoms with E-state index in [1.807, 2.05) is 0 Å². The molecule has 1 saturated heterocycles. The first-order valence-corrected chi connectivity index (χ1v) is 6.52. The second-order valence-electron chi connectivity index (χ2n) is 5.33. The van der Waals surface area contributed by atoms with Gasteiger partial charge in [-0.3, -0.25) is 4.79 Å². The maximum atomic E-state index is 14.2. The molecule has 2 aromatic heterocycles. The molecule has 0 spiro atoms. The van der Waals surface area contributed by atoms with Gasteiger partial charge in [-0.2, -0.15) is 0 Å². The Labute approximate surface area is 124 Å². The van der Waals surface area contributed by atoms with E-state index >= 15 is 0 Å². The summed E-state index contributed by atoms with van der Waals surface area (Å²) in [4.78, 5) is 16.5. The van der Waals surface area contributed by atoms with Gasteiger partial charge in [0.2, 0.25) is 5.91 Å². The van der Waals surface area contributed by atoms with Crippen molar-refractivity contribution in [2.45, 2.75) is 5.92 Å². The molecule has 116 valence electrons. The second-order valence-corrected chi connectivity index (χ2v) is 5.33. The molecule has 0 aliphatic carbocycles. The molecule has 0 radical (unpaired) electrons. The molecule has 0 bridgehead atoms. The van der Waals surface area contributed by atoms with E-state index in [9.17, 15) is 18.0 Å². The number of anilines is 1. The van der Waals surface area contributed by atoms with E-state index in [1.165, 1.54) is 27.9 Å². The van der Waals surface area contributed by atoms with Crippen molar-refractivity contribution in [3.05, 3.63) is 35.9 Å². The number of carbonyl (C=O) groups excluding carboxylic acids is 1. The predicted octanol–water partition coefficient (Wildman–Crippen LogP) is 1.78. The Morgan fingerprint density at radius 2 is 2.05 bits per heavy atom. The first kappa shape index (κ1) is 14.4. The lowest BCUT2D eigenvalue weighted by Crippen LogP contribution is -2.56. The summed E-state index contributed by atoms with van der Waals surface area (Å²) in [7, 11) is 1.63. The first-order chi connectivity index (χ1) is 10.3. The Morgan fingerprint density at radius 3 is 2.55 bits per heavy atom. The smallest absolute Gasteiger partial charge is 0.282 e. The third kappa shape index (κ3) is 2.40. The lowest BCUT2D eigenvalue weighted by molar-refractivity contribution is -0.0263. The van der Waals surface area contributed by atoms with Gasteiger partial charge in [-0.05, 0) is 6.07 Å². The van der Waals surface area contributed by atoms with E-state index in [0.29, 0.717) is 11.4 Å². The lowest BCUT2D eigenvalue weighted by Gasteiger charge is -2.40. The zero-order valence-electron chi connectivity index (χ0n) is 11.7. The second kappa shape index (κ2) is 4.75. The summed E-state index contributed by atoms with van der Waals surface area (Å²) in [6.45, 7) is -0.882. The van der Waals surface area contributed by atoms with Gasteiger partial charge in [0, 0.05) is 19.3 Å². The highest BCUT2D eigenvalue weighted by Crippen LogP contribution is 2.33. The number of alkyl halides is 2. The van der Waals surface area contributed by atoms with Crippen LogP contribution in [0.2, 0.25) is 0 Å². The van der Waals surface area contributed by atoms with Crippen LogP contribution in [0.5, 0.6) is 0 Å². The highest BCUT2D eigenvalue weighted by Gasteiger charge is 2.44. The van der Waals surface area contributed by atoms with Gasteiger partial charge < -0.3 is 15.2 Å². The van der Waals surface area contributed by atoms with Crippen LogP contribution in [0.25, 0.3) is 11.4 Å². The molecular weight excluding hydrogens is 297 g/mol. The Morgan fingerprint density at radius 1 is 1.36 bits per heavy atom. The molecule has 22 heavy (non-hydrogen) atoms. The van der Waals surface area contributed by atoms with Crippen molar-refractivity contribution in [3.8, 4) is 11.4 Å². The molecule has 3 rings (SSSR count). The minimum atomic E-state index is -2.73. The molecule has 0 saturated carbocycles. The van der Waals surface area contributed by atoms with Crippen molar-refractivity contribution >= 4 is 11.6 Å². The van der Waals surface area contributed by atoms with Crippen LogP contribution in [-0.4, -0.2) is 34.5 Å². The van der Waals surface area contributed by atoms with Crippen LogP contribution in [0.4, 0.5) is 18.9 Å². The lowest BCUT2D eigenvalue weighted by atomic mass is 10.1. The van der Waals surface area contributed by atoms with Gasteiger partial charge in [0.15, 0.2) is 5.82 Å². The third-order valence-electron chi connectivity index (χ3n) is 3.57. The molecule has 2 aromatic rings. The molecule has 1 aliphatic heterocycles. The topological polar surface area (TPSA) is 64.1 Å². The molecule has 5 nitrogen and oxygen atoms in total. The van der Waals surface area contributed by atoms with Gasteiger partial charge in [0.05, 0.1) is 36.2 Å². The number of rotatable bonds is 3. The van der Waals surface area contributed by atoms with E-state index < -0.39 is 30.7 Å². The number of amides is 1. The fourth-order valence-corrected chi connectivity index (χ4v) is 2.42. The standard InChI is InChI=1S/C14H13F3N4O/c1-20-5-8(13(18)22)2-11(20)12-10(15)3-9(4-19-12)21-6-14(16,17)7-21/h2-5H,6-7H2,1H3,(H2,18,22). The SMILES string of the molecule is Cn1cc(C(N)=O)cc1-c1ncc(N2CC(F)(F)C2)cc1F. The van der Waals surface area contributed by atoms with Crippen molar-refractivity contribution in [2.75, 3.05) is 18.0 Å². The minimum absolute atomic E-state index is 0.0334. The number of hydrogen-bond donors (Lipinski definition) is 1. The molecule has 0 aromatic carbocycles. The van der Waals surface area contributed by atoms with Crippen molar-refractivity contribution in [1.29, 1.82) is 0 Å². The van der Waals surface area contributed by atoms with Crippen LogP contribution in [0.1, 0.15) is 10.4 Å². The number of carbonyl (C=O) groups is 1. The van der Waals surface area contributed by atoms with Crippen LogP contribution >= 0.6 is 0 Å². The minimum Gasteiger partial charge on any atom is -0.366 e. The summed E-state index contributed by atoms with van der Waals surface area (Å²) < 4.78 is 41.5. The van der Waals surface area contributed by atoms with Gasteiger partial charge in [-0.1, -0.05) is 0 Å². The number of hydrogen-bond acceptors (Lipinski definition) is 3. The summed E-state index contributed by atoms with van der Waals surface area (Å²) in [5.41, 5.74) is 6.14. The molecule has 3 heterocycles. The maximum Gasteiger partial charge on any atom is 0.282 e. The van der Waals surface area contributed by atoms with Crippen LogP contribution < -0.4 is 10.6 Å². The van der Waals surface area contributed by atoms with E-state index in [0.717, 1.165) is 6.07 Å². The van der Waals surface area contributed by atoms with Gasteiger partial charge in [0.25, 0.3) is 5.92 Å². The average Bonchev–Trinajstić information content (AvgIpc) is 2.78. The number of aryl methyl sites for hydroxylation is 1. The quantitative estimate of drug-likeness (QED) is 0.940. The fraction of sp³-hybridized carbons (Fsp3) is 0.286. The van der Waals surface area contributed by atoms with Gasteiger partial charge in [-0.15, -0.1) is 0 Å². The van der Waals surface area contributed by atoms with Crippen LogP contribution in [0, 0.1) is 5.82 Å². The van der Waals surface area contributed by atoms with Crippen LogP contribution in [0.3, 0.4) is 0 Å². The Hall–Kier alpha value is -2.51. The van der Waals surface area contributed by atoms with E-state index in [4.69, 9.17) is 5.73 Å². The molecule has 0 atom stereocenters. The maximum absolute atomic E-state index is 14.2. The van der Waals surface area contributed by atoms with E-state index in [1.54, 1.807) is 7.05 Å². The number of aromatic nitrogens is 2. The van der Waals surface area contributed by atoms with E-state index in [2.05, 4.69) is 4.98 Å². The summed E-state index contributed by atoms with van der Waals surface area (Å²) in [6.07, 6.45) is 2.81. The summed E-state index contributed by atoms with van der Waals surface area (Å²) >= 11 is 0. The Bertz CT molecular complexity index is 749. The number of pyridine rings is 1. The third-order valence-corrected chi connectivity index (χ3v) is 3.57. The first-order valence-electron chi connectivity index (χ1n) is 6.52. The van der Waals surface area contributed by atoms with Gasteiger partial charge >= 0.3 is 0 Å². The zero-order chi connectivity index (χ0) is 16.1. The monoisotopic (exact) mass is 310 g/mol. The highest BCUT2D eigenvalue weighted by molar-refractivity contribution is 5.94. The largest absolute Gasteiger partial charge is 0.366 e. The summed E-state index contributed by atoms with van der Waals surface area (Å²) in [5, 5.41) is 0. The van der Waals surface area contributed by atoms with Crippen molar-refractivity contribution < 1.29 is 18.0 Å². The fourth-order valence-electron chi connectivity index (χ4n) is 2.42. The Kier molecular flexibility index (Phi) is 3.12. The van der Waals surface area contributed by atoms with Gasteiger partial charge in [-0.25, -0.2) is 18.2 Å². The van der Waals surface area contributed by atoms with Crippen LogP contribution in [0.15, 0.2) is 24.5 Å². The normalized spacial score (nSPS) is 16.5. The van der Waals surface area contributed by atoms with Gasteiger partial charge in [0.1, 0.15) is 5.69 Å². The molecule has 1 aliphatic rings. The highest BCUT2D eigenvalue weighted by atomic mass is 19.3. The van der Waals surface area contributed by atoms with Crippen molar-refractivity contribution in [2.24, 2.45) is 12.8 Å². The van der Waals surface area contributed by atoms with Crippen molar-refractivity contribution in [3.63, 3.8) is 0 Å². The number of primary amides is 1. The molecule has 2 N–H and O–H groups in total. The number of nitrogens with two attached hydrogens (primary N) is 1. The predicted molar refractivity (Wildman–Crippen MR) is 74.3 cm³/mol. The molecule has 8 heteroatoms. The zero-order valence-corrected chi connectivity index (χ0v) is 11.7. The number of halogens is 3. The Balaban J connectivity index is 1.91. The average molecular weight is 310 g/mol. The molecular formula is C14H13F3N4O. The number of nitrogens with zero attached hydrogens (tertiary/aromatic N) is 3. The summed E-state index contributed by atoms with van der Waals surface area (Å²) in [5.74, 6) is -4.00. The molecule has 1 fully saturated rings.